The molecule has 0 aromatic carbocycles. The molecule has 3 aliphatic rings. The van der Waals surface area contributed by atoms with Gasteiger partial charge in [-0.1, -0.05) is 0 Å². The molecule has 2 saturated heterocycles. The number of carbonyl (C=O) groups excluding carboxylic acids is 1. The average Bonchev–Trinajstić information content (AvgIpc) is 2.95. The van der Waals surface area contributed by atoms with E-state index >= 15 is 0 Å². The Bertz CT molecular complexity index is 346. The maximum Gasteiger partial charge on any atom is 0.262 e. The fourth-order valence-electron chi connectivity index (χ4n) is 2.88. The van der Waals surface area contributed by atoms with Gasteiger partial charge < -0.3 is 5.32 Å². The van der Waals surface area contributed by atoms with E-state index in [-0.39, 0.29) is 24.9 Å². The average molecular weight is 259 g/mol. The molecule has 2 N–H and O–H groups in total. The van der Waals surface area contributed by atoms with Gasteiger partial charge in [0.05, 0.1) is 12.6 Å². The van der Waals surface area contributed by atoms with Crippen molar-refractivity contribution < 1.29 is 13.6 Å². The van der Waals surface area contributed by atoms with Crippen LogP contribution in [-0.4, -0.2) is 54.5 Å². The number of likely N-dealkylation sites (tertiary alicyclic amines) is 1. The minimum absolute atomic E-state index is 0.133. The highest BCUT2D eigenvalue weighted by atomic mass is 19.3. The maximum atomic E-state index is 13.0. The summed E-state index contributed by atoms with van der Waals surface area (Å²) in [5.74, 6) is -3.01. The van der Waals surface area contributed by atoms with Crippen molar-refractivity contribution in [1.82, 2.24) is 15.5 Å². The Hall–Kier alpha value is -0.750. The van der Waals surface area contributed by atoms with E-state index in [4.69, 9.17) is 0 Å². The molecule has 4 nitrogen and oxygen atoms in total. The van der Waals surface area contributed by atoms with E-state index in [2.05, 4.69) is 15.5 Å². The standard InChI is InChI=1S/C12H19F2N3O/c13-12(14)5-10(15-7-12)11(18)16-8-3-4-17(6-8)9-1-2-9/h8-10,15H,1-7H2,(H,16,18). The van der Waals surface area contributed by atoms with Gasteiger partial charge in [-0.15, -0.1) is 0 Å². The van der Waals surface area contributed by atoms with Gasteiger partial charge in [0.1, 0.15) is 0 Å². The molecule has 18 heavy (non-hydrogen) atoms. The van der Waals surface area contributed by atoms with Crippen molar-refractivity contribution >= 4 is 5.91 Å². The van der Waals surface area contributed by atoms with Crippen LogP contribution < -0.4 is 10.6 Å². The van der Waals surface area contributed by atoms with Crippen LogP contribution >= 0.6 is 0 Å². The zero-order chi connectivity index (χ0) is 12.8. The van der Waals surface area contributed by atoms with Crippen molar-refractivity contribution in [3.05, 3.63) is 0 Å². The van der Waals surface area contributed by atoms with E-state index in [1.807, 2.05) is 0 Å². The van der Waals surface area contributed by atoms with Gasteiger partial charge in [-0.25, -0.2) is 8.78 Å². The summed E-state index contributed by atoms with van der Waals surface area (Å²) in [5.41, 5.74) is 0. The number of rotatable bonds is 3. The molecule has 1 saturated carbocycles. The second-order valence-electron chi connectivity index (χ2n) is 5.71. The van der Waals surface area contributed by atoms with Crippen molar-refractivity contribution in [2.24, 2.45) is 0 Å². The predicted molar refractivity (Wildman–Crippen MR) is 62.5 cm³/mol. The molecule has 6 heteroatoms. The topological polar surface area (TPSA) is 44.4 Å². The normalized spacial score (nSPS) is 35.9. The number of nitrogens with one attached hydrogen (secondary N) is 2. The number of hydrogen-bond donors (Lipinski definition) is 2. The van der Waals surface area contributed by atoms with E-state index in [1.165, 1.54) is 12.8 Å². The van der Waals surface area contributed by atoms with Crippen LogP contribution in [0.15, 0.2) is 0 Å². The number of hydrogen-bond acceptors (Lipinski definition) is 3. The van der Waals surface area contributed by atoms with Crippen molar-refractivity contribution in [3.8, 4) is 0 Å². The van der Waals surface area contributed by atoms with Gasteiger partial charge in [0.2, 0.25) is 5.91 Å². The third-order valence-electron chi connectivity index (χ3n) is 4.06. The molecule has 0 aromatic rings. The maximum absolute atomic E-state index is 13.0. The monoisotopic (exact) mass is 259 g/mol. The lowest BCUT2D eigenvalue weighted by Gasteiger charge is -2.18. The molecule has 0 aromatic heterocycles. The van der Waals surface area contributed by atoms with E-state index in [9.17, 15) is 13.6 Å². The Labute approximate surface area is 105 Å². The molecule has 3 fully saturated rings. The number of alkyl halides is 2. The van der Waals surface area contributed by atoms with Crippen molar-refractivity contribution in [2.75, 3.05) is 19.6 Å². The lowest BCUT2D eigenvalue weighted by molar-refractivity contribution is -0.124. The fourth-order valence-corrected chi connectivity index (χ4v) is 2.88. The Morgan fingerprint density at radius 2 is 2.11 bits per heavy atom. The van der Waals surface area contributed by atoms with Crippen LogP contribution in [0.2, 0.25) is 0 Å². The van der Waals surface area contributed by atoms with Crippen LogP contribution in [0.4, 0.5) is 8.78 Å². The zero-order valence-electron chi connectivity index (χ0n) is 10.3. The number of halogens is 2. The summed E-state index contributed by atoms with van der Waals surface area (Å²) in [6.07, 6.45) is 3.08. The highest BCUT2D eigenvalue weighted by Crippen LogP contribution is 2.30. The fraction of sp³-hybridized carbons (Fsp3) is 0.917. The Morgan fingerprint density at radius 3 is 2.72 bits per heavy atom. The predicted octanol–water partition coefficient (Wildman–Crippen LogP) is 0.336. The Morgan fingerprint density at radius 1 is 1.33 bits per heavy atom. The zero-order valence-corrected chi connectivity index (χ0v) is 10.3. The third kappa shape index (κ3) is 2.64. The number of nitrogens with zero attached hydrogens (tertiary/aromatic N) is 1. The Kier molecular flexibility index (Phi) is 3.02. The quantitative estimate of drug-likeness (QED) is 0.768. The molecule has 2 aliphatic heterocycles. The molecule has 1 aliphatic carbocycles. The van der Waals surface area contributed by atoms with E-state index in [0.29, 0.717) is 6.04 Å². The highest BCUT2D eigenvalue weighted by molar-refractivity contribution is 5.82. The van der Waals surface area contributed by atoms with Crippen LogP contribution in [0, 0.1) is 0 Å². The highest BCUT2D eigenvalue weighted by Gasteiger charge is 2.43. The van der Waals surface area contributed by atoms with Crippen molar-refractivity contribution in [2.45, 2.75) is 49.7 Å². The summed E-state index contributed by atoms with van der Waals surface area (Å²) in [5, 5.41) is 5.49. The van der Waals surface area contributed by atoms with Gasteiger partial charge in [0.15, 0.2) is 0 Å². The summed E-state index contributed by atoms with van der Waals surface area (Å²) in [7, 11) is 0. The lowest BCUT2D eigenvalue weighted by Crippen LogP contribution is -2.46. The van der Waals surface area contributed by atoms with Gasteiger partial charge in [0.25, 0.3) is 5.92 Å². The SMILES string of the molecule is O=C(NC1CCN(C2CC2)C1)C1CC(F)(F)CN1. The summed E-state index contributed by atoms with van der Waals surface area (Å²) >= 11 is 0. The molecule has 2 unspecified atom stereocenters. The summed E-state index contributed by atoms with van der Waals surface area (Å²) in [4.78, 5) is 14.2. The second kappa shape index (κ2) is 4.42. The van der Waals surface area contributed by atoms with Gasteiger partial charge in [-0.05, 0) is 19.3 Å². The van der Waals surface area contributed by atoms with Crippen LogP contribution in [0.25, 0.3) is 0 Å². The molecule has 2 heterocycles. The first-order valence-electron chi connectivity index (χ1n) is 6.69. The van der Waals surface area contributed by atoms with Gasteiger partial charge in [-0.3, -0.25) is 15.0 Å². The molecule has 3 rings (SSSR count). The summed E-state index contributed by atoms with van der Waals surface area (Å²) < 4.78 is 26.0. The molecule has 2 atom stereocenters. The Balaban J connectivity index is 1.47. The summed E-state index contributed by atoms with van der Waals surface area (Å²) in [6.45, 7) is 1.51. The first-order valence-corrected chi connectivity index (χ1v) is 6.69. The van der Waals surface area contributed by atoms with Crippen LogP contribution in [0.3, 0.4) is 0 Å². The third-order valence-corrected chi connectivity index (χ3v) is 4.06. The minimum Gasteiger partial charge on any atom is -0.351 e. The molecular weight excluding hydrogens is 240 g/mol. The second-order valence-corrected chi connectivity index (χ2v) is 5.71. The van der Waals surface area contributed by atoms with Gasteiger partial charge in [-0.2, -0.15) is 0 Å². The van der Waals surface area contributed by atoms with Gasteiger partial charge in [0, 0.05) is 31.6 Å². The van der Waals surface area contributed by atoms with E-state index in [1.54, 1.807) is 0 Å². The largest absolute Gasteiger partial charge is 0.351 e. The van der Waals surface area contributed by atoms with Crippen LogP contribution in [0.1, 0.15) is 25.7 Å². The van der Waals surface area contributed by atoms with Crippen molar-refractivity contribution in [3.63, 3.8) is 0 Å². The van der Waals surface area contributed by atoms with E-state index < -0.39 is 12.0 Å². The van der Waals surface area contributed by atoms with Gasteiger partial charge >= 0.3 is 0 Å². The number of carbonyl (C=O) groups is 1. The molecular formula is C12H19F2N3O. The number of amides is 1. The lowest BCUT2D eigenvalue weighted by atomic mass is 10.1. The molecule has 0 bridgehead atoms. The first kappa shape index (κ1) is 12.3. The van der Waals surface area contributed by atoms with Crippen molar-refractivity contribution in [1.29, 1.82) is 0 Å². The molecule has 1 amide bonds. The van der Waals surface area contributed by atoms with Crippen LogP contribution in [0.5, 0.6) is 0 Å². The smallest absolute Gasteiger partial charge is 0.262 e. The molecule has 102 valence electrons. The van der Waals surface area contributed by atoms with E-state index in [0.717, 1.165) is 19.5 Å². The molecule has 0 spiro atoms. The minimum atomic E-state index is -2.74. The summed E-state index contributed by atoms with van der Waals surface area (Å²) in [6, 6.07) is 0.116. The first-order chi connectivity index (χ1) is 8.53. The molecule has 0 radical (unpaired) electrons. The van der Waals surface area contributed by atoms with Crippen LogP contribution in [-0.2, 0) is 4.79 Å².